The van der Waals surface area contributed by atoms with Gasteiger partial charge < -0.3 is 14.7 Å². The van der Waals surface area contributed by atoms with Crippen molar-refractivity contribution in [1.29, 1.82) is 0 Å². The van der Waals surface area contributed by atoms with Gasteiger partial charge in [0.25, 0.3) is 10.2 Å². The molecule has 0 spiro atoms. The third kappa shape index (κ3) is 5.20. The number of rotatable bonds is 4. The Balaban J connectivity index is 2.29. The Labute approximate surface area is 149 Å². The van der Waals surface area contributed by atoms with E-state index in [1.165, 1.54) is 4.90 Å². The molecule has 11 heteroatoms. The van der Waals surface area contributed by atoms with E-state index in [9.17, 15) is 18.3 Å². The summed E-state index contributed by atoms with van der Waals surface area (Å²) in [5.41, 5.74) is 0.679. The minimum atomic E-state index is -3.91. The molecule has 0 radical (unpaired) electrons. The minimum Gasteiger partial charge on any atom is -0.465 e. The van der Waals surface area contributed by atoms with Gasteiger partial charge in [0.15, 0.2) is 0 Å². The van der Waals surface area contributed by atoms with Crippen LogP contribution in [0.1, 0.15) is 11.7 Å². The minimum absolute atomic E-state index is 0.0759. The Morgan fingerprint density at radius 2 is 2.12 bits per heavy atom. The van der Waals surface area contributed by atoms with Crippen molar-refractivity contribution in [2.75, 3.05) is 26.2 Å². The predicted octanol–water partition coefficient (Wildman–Crippen LogP) is 1.45. The van der Waals surface area contributed by atoms with E-state index in [0.717, 1.165) is 0 Å². The standard InChI is InChI=1S/C13H17Cl2N3O5S/c14-10-2-1-8(5-11(10)15)12-9(6-17-24(16,21)22)7-18(13(19)20)3-4-23-12/h1-2,5,9,12,17H,3-4,6-7H2,(H,19,20)(H2,16,21,22). The molecule has 24 heavy (non-hydrogen) atoms. The highest BCUT2D eigenvalue weighted by Crippen LogP contribution is 2.33. The van der Waals surface area contributed by atoms with Crippen LogP contribution >= 0.6 is 23.2 Å². The van der Waals surface area contributed by atoms with E-state index in [1.807, 2.05) is 0 Å². The molecule has 0 aromatic heterocycles. The fourth-order valence-electron chi connectivity index (χ4n) is 2.52. The number of nitrogens with one attached hydrogen (secondary N) is 1. The molecule has 1 aromatic carbocycles. The molecule has 2 rings (SSSR count). The Kier molecular flexibility index (Phi) is 6.29. The molecular weight excluding hydrogens is 381 g/mol. The van der Waals surface area contributed by atoms with Gasteiger partial charge in [-0.25, -0.2) is 14.7 Å². The summed E-state index contributed by atoms with van der Waals surface area (Å²) in [7, 11) is -3.91. The van der Waals surface area contributed by atoms with E-state index in [4.69, 9.17) is 33.1 Å². The lowest BCUT2D eigenvalue weighted by Crippen LogP contribution is -2.41. The van der Waals surface area contributed by atoms with Gasteiger partial charge in [-0.05, 0) is 17.7 Å². The molecule has 0 bridgehead atoms. The maximum Gasteiger partial charge on any atom is 0.407 e. The van der Waals surface area contributed by atoms with Crippen molar-refractivity contribution in [3.63, 3.8) is 0 Å². The first kappa shape index (κ1) is 19.2. The van der Waals surface area contributed by atoms with Crippen LogP contribution < -0.4 is 9.86 Å². The molecule has 2 unspecified atom stereocenters. The molecule has 1 aromatic rings. The maximum atomic E-state index is 11.3. The van der Waals surface area contributed by atoms with Crippen molar-refractivity contribution in [2.45, 2.75) is 6.10 Å². The van der Waals surface area contributed by atoms with Gasteiger partial charge in [-0.15, -0.1) is 0 Å². The van der Waals surface area contributed by atoms with Crippen molar-refractivity contribution in [3.05, 3.63) is 33.8 Å². The van der Waals surface area contributed by atoms with E-state index in [0.29, 0.717) is 15.6 Å². The summed E-state index contributed by atoms with van der Waals surface area (Å²) in [6, 6.07) is 4.93. The van der Waals surface area contributed by atoms with E-state index >= 15 is 0 Å². The van der Waals surface area contributed by atoms with Gasteiger partial charge in [-0.2, -0.15) is 8.42 Å². The summed E-state index contributed by atoms with van der Waals surface area (Å²) in [5, 5.41) is 14.9. The van der Waals surface area contributed by atoms with Crippen LogP contribution in [0.4, 0.5) is 4.79 Å². The third-order valence-corrected chi connectivity index (χ3v) is 4.94. The lowest BCUT2D eigenvalue weighted by molar-refractivity contribution is 0.0321. The lowest BCUT2D eigenvalue weighted by Gasteiger charge is -2.27. The Morgan fingerprint density at radius 3 is 2.71 bits per heavy atom. The van der Waals surface area contributed by atoms with Crippen molar-refractivity contribution >= 4 is 39.5 Å². The van der Waals surface area contributed by atoms with Gasteiger partial charge in [0.05, 0.1) is 22.8 Å². The van der Waals surface area contributed by atoms with Crippen LogP contribution in [-0.2, 0) is 14.9 Å². The molecule has 8 nitrogen and oxygen atoms in total. The first-order chi connectivity index (χ1) is 11.2. The molecule has 1 aliphatic heterocycles. The monoisotopic (exact) mass is 397 g/mol. The van der Waals surface area contributed by atoms with Crippen LogP contribution in [-0.4, -0.2) is 50.8 Å². The van der Waals surface area contributed by atoms with Gasteiger partial charge in [-0.1, -0.05) is 29.3 Å². The molecule has 2 atom stereocenters. The normalized spacial score (nSPS) is 22.2. The average molecular weight is 398 g/mol. The zero-order chi connectivity index (χ0) is 17.9. The second kappa shape index (κ2) is 7.85. The van der Waals surface area contributed by atoms with Crippen molar-refractivity contribution in [3.8, 4) is 0 Å². The number of nitrogens with two attached hydrogens (primary N) is 1. The first-order valence-corrected chi connectivity index (χ1v) is 9.29. The zero-order valence-electron chi connectivity index (χ0n) is 12.5. The van der Waals surface area contributed by atoms with E-state index in [-0.39, 0.29) is 26.2 Å². The zero-order valence-corrected chi connectivity index (χ0v) is 14.8. The molecular formula is C13H17Cl2N3O5S. The summed E-state index contributed by atoms with van der Waals surface area (Å²) in [4.78, 5) is 12.4. The quantitative estimate of drug-likeness (QED) is 0.709. The van der Waals surface area contributed by atoms with E-state index in [2.05, 4.69) is 4.72 Å². The highest BCUT2D eigenvalue weighted by molar-refractivity contribution is 7.87. The fraction of sp³-hybridized carbons (Fsp3) is 0.462. The lowest BCUT2D eigenvalue weighted by atomic mass is 9.95. The topological polar surface area (TPSA) is 122 Å². The Morgan fingerprint density at radius 1 is 1.42 bits per heavy atom. The second-order valence-electron chi connectivity index (χ2n) is 5.35. The van der Waals surface area contributed by atoms with E-state index < -0.39 is 28.3 Å². The van der Waals surface area contributed by atoms with Gasteiger partial charge in [-0.3, -0.25) is 0 Å². The number of benzene rings is 1. The molecule has 1 heterocycles. The van der Waals surface area contributed by atoms with Crippen LogP contribution in [0.2, 0.25) is 10.0 Å². The second-order valence-corrected chi connectivity index (χ2v) is 7.54. The first-order valence-electron chi connectivity index (χ1n) is 6.99. The fourth-order valence-corrected chi connectivity index (χ4v) is 3.28. The van der Waals surface area contributed by atoms with Gasteiger partial charge in [0.1, 0.15) is 0 Å². The third-order valence-electron chi connectivity index (χ3n) is 3.63. The maximum absolute atomic E-state index is 11.3. The Hall–Kier alpha value is -1.10. The number of amides is 1. The summed E-state index contributed by atoms with van der Waals surface area (Å²) in [6.07, 6.45) is -1.66. The SMILES string of the molecule is NS(=O)(=O)NCC1CN(C(=O)O)CCOC1c1ccc(Cl)c(Cl)c1. The van der Waals surface area contributed by atoms with Crippen LogP contribution in [0.3, 0.4) is 0 Å². The number of carboxylic acid groups (broad SMARTS) is 1. The summed E-state index contributed by atoms with van der Waals surface area (Å²) < 4.78 is 30.3. The number of hydrogen-bond donors (Lipinski definition) is 3. The number of carbonyl (C=O) groups is 1. The summed E-state index contributed by atoms with van der Waals surface area (Å²) >= 11 is 11.9. The highest BCUT2D eigenvalue weighted by Gasteiger charge is 2.32. The molecule has 0 saturated carbocycles. The number of nitrogens with zero attached hydrogens (tertiary/aromatic N) is 1. The van der Waals surface area contributed by atoms with Crippen LogP contribution in [0.5, 0.6) is 0 Å². The van der Waals surface area contributed by atoms with E-state index in [1.54, 1.807) is 18.2 Å². The average Bonchev–Trinajstić information content (AvgIpc) is 2.70. The predicted molar refractivity (Wildman–Crippen MR) is 89.4 cm³/mol. The molecule has 1 amide bonds. The van der Waals surface area contributed by atoms with Crippen molar-refractivity contribution < 1.29 is 23.1 Å². The molecule has 0 aliphatic carbocycles. The van der Waals surface area contributed by atoms with Crippen LogP contribution in [0.15, 0.2) is 18.2 Å². The van der Waals surface area contributed by atoms with Crippen molar-refractivity contribution in [1.82, 2.24) is 9.62 Å². The largest absolute Gasteiger partial charge is 0.465 e. The molecule has 4 N–H and O–H groups in total. The summed E-state index contributed by atoms with van der Waals surface area (Å²) in [5.74, 6) is -0.487. The van der Waals surface area contributed by atoms with Crippen molar-refractivity contribution in [2.24, 2.45) is 11.1 Å². The highest BCUT2D eigenvalue weighted by atomic mass is 35.5. The number of hydrogen-bond acceptors (Lipinski definition) is 4. The molecule has 1 saturated heterocycles. The van der Waals surface area contributed by atoms with Crippen LogP contribution in [0.25, 0.3) is 0 Å². The van der Waals surface area contributed by atoms with Gasteiger partial charge in [0, 0.05) is 25.6 Å². The van der Waals surface area contributed by atoms with Gasteiger partial charge >= 0.3 is 6.09 Å². The molecule has 1 fully saturated rings. The Bertz CT molecular complexity index is 716. The molecule has 134 valence electrons. The smallest absolute Gasteiger partial charge is 0.407 e. The number of halogens is 2. The van der Waals surface area contributed by atoms with Gasteiger partial charge in [0.2, 0.25) is 0 Å². The molecule has 1 aliphatic rings. The van der Waals surface area contributed by atoms with Crippen LogP contribution in [0, 0.1) is 5.92 Å². The summed E-state index contributed by atoms with van der Waals surface area (Å²) in [6.45, 7) is 0.360. The number of ether oxygens (including phenoxy) is 1.